The Hall–Kier alpha value is -3.43. The molecule has 0 aliphatic carbocycles. The van der Waals surface area contributed by atoms with E-state index < -0.39 is 11.7 Å². The largest absolute Gasteiger partial charge is 0.497 e. The van der Waals surface area contributed by atoms with Crippen LogP contribution in [-0.4, -0.2) is 75.9 Å². The van der Waals surface area contributed by atoms with Crippen molar-refractivity contribution in [3.8, 4) is 11.5 Å². The summed E-state index contributed by atoms with van der Waals surface area (Å²) >= 11 is 0. The van der Waals surface area contributed by atoms with Crippen LogP contribution in [0.25, 0.3) is 0 Å². The van der Waals surface area contributed by atoms with E-state index in [2.05, 4.69) is 53.4 Å². The van der Waals surface area contributed by atoms with Crippen molar-refractivity contribution in [2.24, 2.45) is 0 Å². The Morgan fingerprint density at radius 3 is 1.80 bits per heavy atom. The molecule has 0 radical (unpaired) electrons. The van der Waals surface area contributed by atoms with Gasteiger partial charge in [0.2, 0.25) is 0 Å². The van der Waals surface area contributed by atoms with E-state index in [0.29, 0.717) is 19.6 Å². The predicted octanol–water partition coefficient (Wildman–Crippen LogP) is 7.88. The van der Waals surface area contributed by atoms with Crippen LogP contribution in [0.1, 0.15) is 93.7 Å². The Bertz CT molecular complexity index is 1300. The molecule has 8 heteroatoms. The van der Waals surface area contributed by atoms with Crippen molar-refractivity contribution < 1.29 is 33.6 Å². The number of hydrogen-bond acceptors (Lipinski definition) is 8. The molecule has 3 aromatic carbocycles. The van der Waals surface area contributed by atoms with Crippen molar-refractivity contribution in [2.45, 2.75) is 101 Å². The highest BCUT2D eigenvalue weighted by atomic mass is 16.5. The van der Waals surface area contributed by atoms with E-state index in [1.165, 1.54) is 26.4 Å². The summed E-state index contributed by atoms with van der Waals surface area (Å²) < 4.78 is 29.1. The van der Waals surface area contributed by atoms with Gasteiger partial charge in [-0.05, 0) is 73.1 Å². The summed E-state index contributed by atoms with van der Waals surface area (Å²) in [5, 5.41) is 10.8. The molecule has 1 heterocycles. The summed E-state index contributed by atoms with van der Waals surface area (Å²) in [4.78, 5) is 13.6. The van der Waals surface area contributed by atoms with Crippen LogP contribution < -0.4 is 9.47 Å². The van der Waals surface area contributed by atoms with Crippen LogP contribution in [0.5, 0.6) is 11.5 Å². The summed E-state index contributed by atoms with van der Waals surface area (Å²) in [7, 11) is 6.58. The maximum Gasteiger partial charge on any atom is 0.305 e. The molecule has 4 rings (SSSR count). The van der Waals surface area contributed by atoms with Crippen molar-refractivity contribution in [3.05, 3.63) is 95.6 Å². The molecule has 49 heavy (non-hydrogen) atoms. The van der Waals surface area contributed by atoms with Crippen LogP contribution >= 0.6 is 0 Å². The van der Waals surface area contributed by atoms with Crippen molar-refractivity contribution in [1.29, 1.82) is 0 Å². The number of esters is 1. The lowest BCUT2D eigenvalue weighted by Gasteiger charge is -2.44. The molecule has 0 spiro atoms. The maximum absolute atomic E-state index is 11.3. The van der Waals surface area contributed by atoms with Crippen LogP contribution in [0, 0.1) is 0 Å². The van der Waals surface area contributed by atoms with E-state index in [0.717, 1.165) is 79.6 Å². The van der Waals surface area contributed by atoms with Crippen LogP contribution in [0.15, 0.2) is 78.9 Å². The third-order valence-electron chi connectivity index (χ3n) is 9.84. The summed E-state index contributed by atoms with van der Waals surface area (Å²) in [6, 6.07) is 26.7. The number of benzene rings is 3. The Balaban J connectivity index is 1.47. The van der Waals surface area contributed by atoms with Gasteiger partial charge in [-0.2, -0.15) is 0 Å². The topological polar surface area (TPSA) is 86.7 Å². The molecule has 0 amide bonds. The minimum Gasteiger partial charge on any atom is -0.497 e. The number of piperidine rings is 1. The van der Waals surface area contributed by atoms with Crippen LogP contribution in [0.3, 0.4) is 0 Å². The van der Waals surface area contributed by atoms with E-state index in [4.69, 9.17) is 23.7 Å². The summed E-state index contributed by atoms with van der Waals surface area (Å²) in [5.41, 5.74) is 2.13. The minimum absolute atomic E-state index is 0.0675. The monoisotopic (exact) mass is 675 g/mol. The Kier molecular flexibility index (Phi) is 15.9. The van der Waals surface area contributed by atoms with E-state index in [1.54, 1.807) is 21.3 Å². The molecule has 1 N–H and O–H groups in total. The number of ether oxygens (including phenoxy) is 5. The van der Waals surface area contributed by atoms with Gasteiger partial charge < -0.3 is 28.8 Å². The molecule has 0 aromatic heterocycles. The van der Waals surface area contributed by atoms with Crippen molar-refractivity contribution in [2.75, 3.05) is 41.6 Å². The zero-order valence-corrected chi connectivity index (χ0v) is 30.0. The van der Waals surface area contributed by atoms with Gasteiger partial charge >= 0.3 is 5.97 Å². The van der Waals surface area contributed by atoms with Gasteiger partial charge in [0.25, 0.3) is 0 Å². The van der Waals surface area contributed by atoms with E-state index in [1.807, 2.05) is 30.3 Å². The number of carbonyl (C=O) groups is 1. The summed E-state index contributed by atoms with van der Waals surface area (Å²) in [6.45, 7) is 1.01. The summed E-state index contributed by atoms with van der Waals surface area (Å²) in [5.74, 6) is 1.45. The number of rotatable bonds is 21. The first-order valence-corrected chi connectivity index (χ1v) is 18.0. The van der Waals surface area contributed by atoms with Gasteiger partial charge in [0.05, 0.1) is 34.0 Å². The maximum atomic E-state index is 11.3. The Labute approximate surface area is 293 Å². The zero-order valence-electron chi connectivity index (χ0n) is 30.0. The molecule has 1 fully saturated rings. The molecular weight excluding hydrogens is 618 g/mol. The Morgan fingerprint density at radius 1 is 0.735 bits per heavy atom. The number of carbonyl (C=O) groups excluding carboxylic acids is 1. The molecule has 0 bridgehead atoms. The molecular formula is C41H57NO7. The molecule has 1 unspecified atom stereocenters. The molecule has 268 valence electrons. The number of β-amino-alcohol motifs (C(OH)–C–C–N with tert-alkyl or cyclic N) is 1. The third kappa shape index (κ3) is 10.8. The average molecular weight is 676 g/mol. The van der Waals surface area contributed by atoms with Gasteiger partial charge in [-0.1, -0.05) is 93.1 Å². The number of methoxy groups -OCH3 is 4. The van der Waals surface area contributed by atoms with Gasteiger partial charge in [-0.15, -0.1) is 0 Å². The van der Waals surface area contributed by atoms with Crippen molar-refractivity contribution in [1.82, 2.24) is 4.90 Å². The average Bonchev–Trinajstić information content (AvgIpc) is 3.15. The highest BCUT2D eigenvalue weighted by Gasteiger charge is 2.40. The highest BCUT2D eigenvalue weighted by molar-refractivity contribution is 5.68. The molecule has 3 aromatic rings. The van der Waals surface area contributed by atoms with Crippen LogP contribution in [-0.2, 0) is 24.6 Å². The van der Waals surface area contributed by atoms with Crippen molar-refractivity contribution in [3.63, 3.8) is 0 Å². The van der Waals surface area contributed by atoms with Gasteiger partial charge in [-0.25, -0.2) is 0 Å². The molecule has 1 aliphatic heterocycles. The van der Waals surface area contributed by atoms with Gasteiger partial charge in [0, 0.05) is 26.1 Å². The van der Waals surface area contributed by atoms with Crippen molar-refractivity contribution >= 4 is 5.97 Å². The molecule has 0 saturated carbocycles. The first-order valence-electron chi connectivity index (χ1n) is 18.0. The lowest BCUT2D eigenvalue weighted by atomic mass is 9.80. The van der Waals surface area contributed by atoms with E-state index >= 15 is 0 Å². The predicted molar refractivity (Wildman–Crippen MR) is 193 cm³/mol. The number of nitrogens with zero attached hydrogens (tertiary/aromatic N) is 1. The van der Waals surface area contributed by atoms with Gasteiger partial charge in [0.1, 0.15) is 23.3 Å². The fraction of sp³-hybridized carbons (Fsp3) is 0.537. The molecule has 8 nitrogen and oxygen atoms in total. The first kappa shape index (κ1) is 38.4. The van der Waals surface area contributed by atoms with Crippen LogP contribution in [0.2, 0.25) is 0 Å². The number of likely N-dealkylation sites (tertiary alicyclic amines) is 1. The Morgan fingerprint density at radius 2 is 1.27 bits per heavy atom. The SMILES string of the molecule is COC(=O)CCCCCCCCCCC(OC)N1C[C@H](O)CC[C@@H]1COC(c1ccccc1)(c1ccc(OC)cc1)c1ccc(OC)cc1. The zero-order chi connectivity index (χ0) is 34.9. The number of aliphatic hydroxyl groups is 1. The van der Waals surface area contributed by atoms with E-state index in [9.17, 15) is 9.90 Å². The first-order chi connectivity index (χ1) is 23.9. The van der Waals surface area contributed by atoms with Gasteiger partial charge in [-0.3, -0.25) is 9.69 Å². The smallest absolute Gasteiger partial charge is 0.305 e. The lowest BCUT2D eigenvalue weighted by molar-refractivity contribution is -0.140. The fourth-order valence-corrected chi connectivity index (χ4v) is 7.03. The summed E-state index contributed by atoms with van der Waals surface area (Å²) in [6.07, 6.45) is 11.4. The highest BCUT2D eigenvalue weighted by Crippen LogP contribution is 2.42. The second-order valence-corrected chi connectivity index (χ2v) is 13.0. The number of hydrogen-bond donors (Lipinski definition) is 1. The lowest BCUT2D eigenvalue weighted by Crippen LogP contribution is -2.54. The molecule has 1 saturated heterocycles. The normalized spacial score (nSPS) is 17.4. The fourth-order valence-electron chi connectivity index (χ4n) is 7.03. The minimum atomic E-state index is -0.899. The van der Waals surface area contributed by atoms with E-state index in [-0.39, 0.29) is 18.2 Å². The van der Waals surface area contributed by atoms with Gasteiger partial charge in [0.15, 0.2) is 0 Å². The molecule has 1 aliphatic rings. The third-order valence-corrected chi connectivity index (χ3v) is 9.84. The number of unbranched alkanes of at least 4 members (excludes halogenated alkanes) is 7. The second kappa shape index (κ2) is 20.3. The second-order valence-electron chi connectivity index (χ2n) is 13.0. The molecule has 3 atom stereocenters. The quantitative estimate of drug-likeness (QED) is 0.0694. The van der Waals surface area contributed by atoms with Crippen LogP contribution in [0.4, 0.5) is 0 Å². The standard InChI is InChI=1S/C41H57NO7/c1-45-37-26-20-33(21-27-37)41(32-16-12-11-13-17-32,34-22-28-38(46-2)29-23-34)49-31-35-24-25-36(43)30-42(35)39(47-3)18-14-9-7-5-6-8-10-15-19-40(44)48-4/h11-13,16-17,20-23,26-29,35-36,39,43H,5-10,14-15,18-19,24-25,30-31H2,1-4H3/t35-,36-,39?/m1/s1. The number of aliphatic hydroxyl groups excluding tert-OH is 1.